The largest absolute Gasteiger partial charge is 0.469 e. The van der Waals surface area contributed by atoms with Crippen molar-refractivity contribution in [1.82, 2.24) is 5.32 Å². The van der Waals surface area contributed by atoms with Crippen LogP contribution in [0.25, 0.3) is 0 Å². The van der Waals surface area contributed by atoms with Gasteiger partial charge in [0, 0.05) is 17.0 Å². The van der Waals surface area contributed by atoms with Crippen LogP contribution in [0.5, 0.6) is 0 Å². The lowest BCUT2D eigenvalue weighted by Gasteiger charge is -2.23. The van der Waals surface area contributed by atoms with E-state index in [4.69, 9.17) is 16.0 Å². The number of carbonyl (C=O) groups is 1. The maximum Gasteiger partial charge on any atom is 0.223 e. The molecule has 0 saturated carbocycles. The van der Waals surface area contributed by atoms with Crippen LogP contribution in [0.4, 0.5) is 0 Å². The molecule has 1 heterocycles. The fourth-order valence-electron chi connectivity index (χ4n) is 2.87. The highest BCUT2D eigenvalue weighted by atomic mass is 35.5. The van der Waals surface area contributed by atoms with Crippen LogP contribution in [0.15, 0.2) is 41.0 Å². The summed E-state index contributed by atoms with van der Waals surface area (Å²) in [6.45, 7) is 0. The number of halogens is 1. The molecule has 1 aliphatic carbocycles. The van der Waals surface area contributed by atoms with Gasteiger partial charge in [-0.15, -0.1) is 0 Å². The summed E-state index contributed by atoms with van der Waals surface area (Å²) >= 11 is 5.82. The Labute approximate surface area is 134 Å². The summed E-state index contributed by atoms with van der Waals surface area (Å²) in [4.78, 5) is 12.2. The predicted octanol–water partition coefficient (Wildman–Crippen LogP) is 3.55. The van der Waals surface area contributed by atoms with E-state index in [-0.39, 0.29) is 18.4 Å². The number of fused-ring (bicyclic) bond motifs is 1. The van der Waals surface area contributed by atoms with Gasteiger partial charge in [-0.05, 0) is 36.6 Å². The number of nitrogens with one attached hydrogen (secondary N) is 1. The van der Waals surface area contributed by atoms with E-state index in [0.29, 0.717) is 10.6 Å². The summed E-state index contributed by atoms with van der Waals surface area (Å²) in [5, 5.41) is 13.7. The highest BCUT2D eigenvalue weighted by Crippen LogP contribution is 2.30. The van der Waals surface area contributed by atoms with E-state index in [1.807, 2.05) is 6.07 Å². The zero-order chi connectivity index (χ0) is 15.5. The Morgan fingerprint density at radius 2 is 2.14 bits per heavy atom. The Bertz CT molecular complexity index is 650. The van der Waals surface area contributed by atoms with Crippen molar-refractivity contribution in [2.45, 2.75) is 37.8 Å². The molecule has 5 heteroatoms. The molecule has 22 heavy (non-hydrogen) atoms. The first-order valence-electron chi connectivity index (χ1n) is 7.42. The number of hydrogen-bond acceptors (Lipinski definition) is 3. The minimum atomic E-state index is -0.829. The van der Waals surface area contributed by atoms with Crippen molar-refractivity contribution in [3.05, 3.63) is 58.5 Å². The van der Waals surface area contributed by atoms with Crippen LogP contribution < -0.4 is 5.32 Å². The molecule has 0 radical (unpaired) electrons. The van der Waals surface area contributed by atoms with Gasteiger partial charge in [-0.25, -0.2) is 0 Å². The van der Waals surface area contributed by atoms with E-state index in [1.165, 1.54) is 0 Å². The fraction of sp³-hybridized carbons (Fsp3) is 0.353. The van der Waals surface area contributed by atoms with Gasteiger partial charge in [-0.1, -0.05) is 23.7 Å². The molecule has 0 spiro atoms. The summed E-state index contributed by atoms with van der Waals surface area (Å²) in [6, 6.07) is 8.76. The number of benzene rings is 1. The molecular formula is C17H18ClNO3. The summed E-state index contributed by atoms with van der Waals surface area (Å²) in [5.74, 6) is 0.788. The average molecular weight is 320 g/mol. The molecule has 3 rings (SSSR count). The quantitative estimate of drug-likeness (QED) is 0.906. The van der Waals surface area contributed by atoms with Crippen LogP contribution in [0.3, 0.4) is 0 Å². The zero-order valence-corrected chi connectivity index (χ0v) is 12.8. The van der Waals surface area contributed by atoms with Gasteiger partial charge in [-0.3, -0.25) is 4.79 Å². The van der Waals surface area contributed by atoms with E-state index >= 15 is 0 Å². The summed E-state index contributed by atoms with van der Waals surface area (Å²) in [7, 11) is 0. The Kier molecular flexibility index (Phi) is 4.50. The molecule has 2 N–H and O–H groups in total. The number of aryl methyl sites for hydroxylation is 1. The van der Waals surface area contributed by atoms with Gasteiger partial charge in [0.2, 0.25) is 5.91 Å². The Balaban J connectivity index is 1.60. The summed E-state index contributed by atoms with van der Waals surface area (Å²) in [6.07, 6.45) is 3.68. The molecule has 2 atom stereocenters. The van der Waals surface area contributed by atoms with E-state index in [9.17, 15) is 9.90 Å². The fourth-order valence-corrected chi connectivity index (χ4v) is 2.99. The highest BCUT2D eigenvalue weighted by molar-refractivity contribution is 6.30. The molecular weight excluding hydrogens is 302 g/mol. The van der Waals surface area contributed by atoms with E-state index in [2.05, 4.69) is 5.32 Å². The number of aliphatic hydroxyl groups is 1. The smallest absolute Gasteiger partial charge is 0.223 e. The summed E-state index contributed by atoms with van der Waals surface area (Å²) < 4.78 is 5.42. The minimum Gasteiger partial charge on any atom is -0.469 e. The lowest BCUT2D eigenvalue weighted by molar-refractivity contribution is -0.124. The van der Waals surface area contributed by atoms with Crippen molar-refractivity contribution in [3.63, 3.8) is 0 Å². The lowest BCUT2D eigenvalue weighted by Crippen LogP contribution is -2.31. The van der Waals surface area contributed by atoms with Crippen LogP contribution in [0, 0.1) is 0 Å². The maximum atomic E-state index is 12.2. The number of hydrogen-bond donors (Lipinski definition) is 2. The molecule has 0 fully saturated rings. The Morgan fingerprint density at radius 3 is 2.91 bits per heavy atom. The van der Waals surface area contributed by atoms with Crippen molar-refractivity contribution in [3.8, 4) is 0 Å². The molecule has 2 unspecified atom stereocenters. The molecule has 4 nitrogen and oxygen atoms in total. The second-order valence-corrected chi connectivity index (χ2v) is 6.02. The first-order valence-corrected chi connectivity index (χ1v) is 7.80. The van der Waals surface area contributed by atoms with Gasteiger partial charge < -0.3 is 14.8 Å². The normalized spacial score (nSPS) is 18.5. The van der Waals surface area contributed by atoms with E-state index in [0.717, 1.165) is 30.6 Å². The second kappa shape index (κ2) is 6.55. The minimum absolute atomic E-state index is 0.0209. The van der Waals surface area contributed by atoms with Gasteiger partial charge in [-0.2, -0.15) is 0 Å². The van der Waals surface area contributed by atoms with E-state index < -0.39 is 6.10 Å². The zero-order valence-electron chi connectivity index (χ0n) is 12.1. The third-order valence-electron chi connectivity index (χ3n) is 4.02. The Morgan fingerprint density at radius 1 is 1.36 bits per heavy atom. The van der Waals surface area contributed by atoms with Crippen LogP contribution in [-0.4, -0.2) is 11.0 Å². The SMILES string of the molecule is O=C(CC(O)c1ccc(Cl)cc1)NC1CCCc2occc21. The maximum absolute atomic E-state index is 12.2. The van der Waals surface area contributed by atoms with E-state index in [1.54, 1.807) is 30.5 Å². The molecule has 0 bridgehead atoms. The number of amides is 1. The van der Waals surface area contributed by atoms with Gasteiger partial charge in [0.1, 0.15) is 5.76 Å². The lowest BCUT2D eigenvalue weighted by atomic mass is 9.93. The monoisotopic (exact) mass is 319 g/mol. The van der Waals surface area contributed by atoms with Crippen molar-refractivity contribution < 1.29 is 14.3 Å². The van der Waals surface area contributed by atoms with Crippen LogP contribution >= 0.6 is 11.6 Å². The van der Waals surface area contributed by atoms with Crippen LogP contribution in [-0.2, 0) is 11.2 Å². The number of rotatable bonds is 4. The van der Waals surface area contributed by atoms with Gasteiger partial charge in [0.25, 0.3) is 0 Å². The molecule has 2 aromatic rings. The highest BCUT2D eigenvalue weighted by Gasteiger charge is 2.24. The molecule has 1 aromatic carbocycles. The molecule has 0 aliphatic heterocycles. The number of aliphatic hydroxyl groups excluding tert-OH is 1. The van der Waals surface area contributed by atoms with Gasteiger partial charge in [0.15, 0.2) is 0 Å². The Hall–Kier alpha value is -1.78. The molecule has 0 saturated heterocycles. The van der Waals surface area contributed by atoms with Crippen molar-refractivity contribution in [2.75, 3.05) is 0 Å². The predicted molar refractivity (Wildman–Crippen MR) is 83.6 cm³/mol. The standard InChI is InChI=1S/C17H18ClNO3/c18-12-6-4-11(5-7-12)15(20)10-17(21)19-14-2-1-3-16-13(14)8-9-22-16/h4-9,14-15,20H,1-3,10H2,(H,19,21). The number of furan rings is 1. The second-order valence-electron chi connectivity index (χ2n) is 5.58. The van der Waals surface area contributed by atoms with Crippen LogP contribution in [0.1, 0.15) is 48.3 Å². The third kappa shape index (κ3) is 3.34. The van der Waals surface area contributed by atoms with Crippen molar-refractivity contribution in [1.29, 1.82) is 0 Å². The first-order chi connectivity index (χ1) is 10.6. The molecule has 116 valence electrons. The molecule has 1 aromatic heterocycles. The third-order valence-corrected chi connectivity index (χ3v) is 4.27. The van der Waals surface area contributed by atoms with Gasteiger partial charge >= 0.3 is 0 Å². The van der Waals surface area contributed by atoms with Gasteiger partial charge in [0.05, 0.1) is 24.8 Å². The van der Waals surface area contributed by atoms with Crippen molar-refractivity contribution in [2.24, 2.45) is 0 Å². The van der Waals surface area contributed by atoms with Crippen LogP contribution in [0.2, 0.25) is 5.02 Å². The molecule has 1 aliphatic rings. The topological polar surface area (TPSA) is 62.5 Å². The average Bonchev–Trinajstić information content (AvgIpc) is 2.97. The summed E-state index contributed by atoms with van der Waals surface area (Å²) in [5.41, 5.74) is 1.74. The van der Waals surface area contributed by atoms with Crippen molar-refractivity contribution >= 4 is 17.5 Å². The number of carbonyl (C=O) groups excluding carboxylic acids is 1. The molecule has 1 amide bonds. The first kappa shape index (κ1) is 15.1.